The highest BCUT2D eigenvalue weighted by atomic mass is 35.5. The highest BCUT2D eigenvalue weighted by molar-refractivity contribution is 7.22. The number of nitrogen functional groups attached to an aromatic ring is 1. The fourth-order valence-electron chi connectivity index (χ4n) is 5.39. The van der Waals surface area contributed by atoms with Crippen molar-refractivity contribution >= 4 is 55.0 Å². The first kappa shape index (κ1) is 25.4. The van der Waals surface area contributed by atoms with Gasteiger partial charge in [-0.05, 0) is 51.6 Å². The third-order valence-corrected chi connectivity index (χ3v) is 8.56. The first-order chi connectivity index (χ1) is 18.3. The second-order valence-electron chi connectivity index (χ2n) is 9.99. The highest BCUT2D eigenvalue weighted by Gasteiger charge is 2.27. The number of anilines is 2. The average Bonchev–Trinajstić information content (AvgIpc) is 3.49. The molecule has 2 aliphatic rings. The number of nitrogens with two attached hydrogens (primary N) is 1. The van der Waals surface area contributed by atoms with Crippen LogP contribution in [0.2, 0.25) is 5.02 Å². The van der Waals surface area contributed by atoms with Gasteiger partial charge in [0.05, 0.1) is 15.2 Å². The van der Waals surface area contributed by atoms with Gasteiger partial charge in [-0.3, -0.25) is 0 Å². The van der Waals surface area contributed by atoms with Gasteiger partial charge < -0.3 is 25.6 Å². The second-order valence-corrected chi connectivity index (χ2v) is 11.4. The molecule has 0 amide bonds. The van der Waals surface area contributed by atoms with E-state index >= 15 is 4.39 Å². The summed E-state index contributed by atoms with van der Waals surface area (Å²) in [4.78, 5) is 17.9. The van der Waals surface area contributed by atoms with Crippen LogP contribution >= 0.6 is 22.9 Å². The van der Waals surface area contributed by atoms with Crippen LogP contribution in [-0.4, -0.2) is 71.8 Å². The maximum atomic E-state index is 16.4. The SMILES string of the molecule is C[C@H]1CN(c2nc(OC[C@@H]3CCCN3C)nc3c(F)c(-c4ccc(F)c5sc(N)nc45)c(Cl)cc23)CCN1. The van der Waals surface area contributed by atoms with Crippen LogP contribution in [0.15, 0.2) is 18.2 Å². The Kier molecular flexibility index (Phi) is 6.71. The topological polar surface area (TPSA) is 92.4 Å². The normalized spacial score (nSPS) is 20.6. The Bertz CT molecular complexity index is 1530. The lowest BCUT2D eigenvalue weighted by atomic mass is 10.0. The Morgan fingerprint density at radius 1 is 1.21 bits per heavy atom. The maximum Gasteiger partial charge on any atom is 0.319 e. The maximum absolute atomic E-state index is 16.4. The number of likely N-dealkylation sites (N-methyl/N-ethyl adjacent to an activating group) is 1. The number of hydrogen-bond donors (Lipinski definition) is 2. The molecule has 12 heteroatoms. The van der Waals surface area contributed by atoms with E-state index in [1.807, 2.05) is 0 Å². The van der Waals surface area contributed by atoms with Crippen LogP contribution < -0.4 is 20.7 Å². The molecule has 0 aliphatic carbocycles. The molecule has 8 nitrogen and oxygen atoms in total. The van der Waals surface area contributed by atoms with Crippen molar-refractivity contribution in [3.05, 3.63) is 34.9 Å². The number of fused-ring (bicyclic) bond motifs is 2. The molecule has 2 aromatic heterocycles. The molecule has 6 rings (SSSR count). The van der Waals surface area contributed by atoms with E-state index in [4.69, 9.17) is 27.1 Å². The number of thiazole rings is 1. The third kappa shape index (κ3) is 4.51. The minimum atomic E-state index is -0.637. The number of aromatic nitrogens is 3. The summed E-state index contributed by atoms with van der Waals surface area (Å²) < 4.78 is 37.2. The van der Waals surface area contributed by atoms with E-state index in [9.17, 15) is 4.39 Å². The van der Waals surface area contributed by atoms with Gasteiger partial charge in [0.1, 0.15) is 23.8 Å². The zero-order chi connectivity index (χ0) is 26.6. The standard InChI is InChI=1S/C26H28ClF2N7OS/c1-13-11-36(9-7-31-13)24-16-10-17(27)19(15-5-6-18(28)23-22(15)32-25(30)38-23)20(29)21(16)33-26(34-24)37-12-14-4-3-8-35(14)2/h5-6,10,13-14,31H,3-4,7-9,11-12H2,1-2H3,(H2,30,32)/t13-,14-/m0/s1. The molecular formula is C26H28ClF2N7OS. The summed E-state index contributed by atoms with van der Waals surface area (Å²) in [7, 11) is 2.07. The number of nitrogens with one attached hydrogen (secondary N) is 1. The molecule has 0 unspecified atom stereocenters. The Balaban J connectivity index is 1.51. The van der Waals surface area contributed by atoms with Gasteiger partial charge in [0.2, 0.25) is 0 Å². The molecule has 0 spiro atoms. The molecule has 4 heterocycles. The van der Waals surface area contributed by atoms with Crippen molar-refractivity contribution in [2.45, 2.75) is 31.8 Å². The summed E-state index contributed by atoms with van der Waals surface area (Å²) >= 11 is 7.73. The lowest BCUT2D eigenvalue weighted by Crippen LogP contribution is -2.49. The van der Waals surface area contributed by atoms with Gasteiger partial charge in [0.25, 0.3) is 0 Å². The smallest absolute Gasteiger partial charge is 0.319 e. The lowest BCUT2D eigenvalue weighted by Gasteiger charge is -2.33. The van der Waals surface area contributed by atoms with Gasteiger partial charge in [-0.2, -0.15) is 9.97 Å². The largest absolute Gasteiger partial charge is 0.462 e. The zero-order valence-corrected chi connectivity index (χ0v) is 22.7. The predicted octanol–water partition coefficient (Wildman–Crippen LogP) is 4.69. The molecule has 2 aromatic carbocycles. The molecule has 200 valence electrons. The number of benzene rings is 2. The monoisotopic (exact) mass is 559 g/mol. The predicted molar refractivity (Wildman–Crippen MR) is 148 cm³/mol. The van der Waals surface area contributed by atoms with Crippen LogP contribution in [0.5, 0.6) is 6.01 Å². The van der Waals surface area contributed by atoms with Crippen molar-refractivity contribution in [3.63, 3.8) is 0 Å². The van der Waals surface area contributed by atoms with Gasteiger partial charge >= 0.3 is 6.01 Å². The van der Waals surface area contributed by atoms with Crippen molar-refractivity contribution in [3.8, 4) is 17.1 Å². The summed E-state index contributed by atoms with van der Waals surface area (Å²) in [5.74, 6) is -0.533. The van der Waals surface area contributed by atoms with Crippen LogP contribution in [0, 0.1) is 11.6 Å². The van der Waals surface area contributed by atoms with Crippen LogP contribution in [0.4, 0.5) is 19.7 Å². The van der Waals surface area contributed by atoms with Gasteiger partial charge in [-0.25, -0.2) is 13.8 Å². The van der Waals surface area contributed by atoms with E-state index in [1.54, 1.807) is 6.07 Å². The van der Waals surface area contributed by atoms with Gasteiger partial charge in [0, 0.05) is 48.2 Å². The van der Waals surface area contributed by atoms with Crippen LogP contribution in [0.1, 0.15) is 19.8 Å². The highest BCUT2D eigenvalue weighted by Crippen LogP contribution is 2.42. The molecule has 4 aromatic rings. The van der Waals surface area contributed by atoms with Crippen molar-refractivity contribution in [2.24, 2.45) is 0 Å². The Hall–Kier alpha value is -2.86. The van der Waals surface area contributed by atoms with E-state index in [2.05, 4.69) is 39.1 Å². The minimum Gasteiger partial charge on any atom is -0.462 e. The third-order valence-electron chi connectivity index (χ3n) is 7.37. The summed E-state index contributed by atoms with van der Waals surface area (Å²) in [6.07, 6.45) is 2.13. The first-order valence-corrected chi connectivity index (χ1v) is 13.9. The number of piperazine rings is 1. The van der Waals surface area contributed by atoms with Gasteiger partial charge in [-0.15, -0.1) is 0 Å². The van der Waals surface area contributed by atoms with Crippen LogP contribution in [0.25, 0.3) is 32.2 Å². The molecule has 38 heavy (non-hydrogen) atoms. The van der Waals surface area contributed by atoms with Crippen molar-refractivity contribution in [1.82, 2.24) is 25.2 Å². The first-order valence-electron chi connectivity index (χ1n) is 12.7. The number of hydrogen-bond acceptors (Lipinski definition) is 9. The van der Waals surface area contributed by atoms with Crippen molar-refractivity contribution in [2.75, 3.05) is 50.5 Å². The Morgan fingerprint density at radius 3 is 2.82 bits per heavy atom. The van der Waals surface area contributed by atoms with Crippen molar-refractivity contribution in [1.29, 1.82) is 0 Å². The quantitative estimate of drug-likeness (QED) is 0.364. The van der Waals surface area contributed by atoms with Crippen molar-refractivity contribution < 1.29 is 13.5 Å². The zero-order valence-electron chi connectivity index (χ0n) is 21.1. The molecule has 0 bridgehead atoms. The number of likely N-dealkylation sites (tertiary alicyclic amines) is 1. The molecule has 0 saturated carbocycles. The molecule has 2 saturated heterocycles. The second kappa shape index (κ2) is 10.0. The molecular weight excluding hydrogens is 532 g/mol. The van der Waals surface area contributed by atoms with E-state index in [0.717, 1.165) is 37.3 Å². The lowest BCUT2D eigenvalue weighted by molar-refractivity contribution is 0.188. The summed E-state index contributed by atoms with van der Waals surface area (Å²) in [5.41, 5.74) is 6.66. The van der Waals surface area contributed by atoms with Gasteiger partial charge in [0.15, 0.2) is 10.9 Å². The molecule has 3 N–H and O–H groups in total. The molecule has 0 radical (unpaired) electrons. The Morgan fingerprint density at radius 2 is 2.05 bits per heavy atom. The molecule has 2 fully saturated rings. The van der Waals surface area contributed by atoms with E-state index in [1.165, 1.54) is 12.1 Å². The van der Waals surface area contributed by atoms with Crippen LogP contribution in [0.3, 0.4) is 0 Å². The number of ether oxygens (including phenoxy) is 1. The number of halogens is 3. The fraction of sp³-hybridized carbons (Fsp3) is 0.423. The van der Waals surface area contributed by atoms with Crippen LogP contribution in [-0.2, 0) is 0 Å². The summed E-state index contributed by atoms with van der Waals surface area (Å²) in [6, 6.07) is 5.03. The van der Waals surface area contributed by atoms with Gasteiger partial charge in [-0.1, -0.05) is 22.9 Å². The Labute approximate surface area is 227 Å². The summed E-state index contributed by atoms with van der Waals surface area (Å²) in [5, 5.41) is 4.26. The van der Waals surface area contributed by atoms with E-state index in [0.29, 0.717) is 36.5 Å². The average molecular weight is 560 g/mol. The minimum absolute atomic E-state index is 0.0919. The number of rotatable bonds is 5. The molecule has 2 atom stereocenters. The van der Waals surface area contributed by atoms with E-state index < -0.39 is 11.6 Å². The molecule has 2 aliphatic heterocycles. The van der Waals surface area contributed by atoms with E-state index in [-0.39, 0.29) is 49.5 Å². The fourth-order valence-corrected chi connectivity index (χ4v) is 6.45. The summed E-state index contributed by atoms with van der Waals surface area (Å²) in [6.45, 7) is 5.67. The number of nitrogens with zero attached hydrogens (tertiary/aromatic N) is 5.